The van der Waals surface area contributed by atoms with Crippen molar-refractivity contribution in [2.45, 2.75) is 33.3 Å². The van der Waals surface area contributed by atoms with Crippen LogP contribution in [0.1, 0.15) is 26.3 Å². The maximum atomic E-state index is 10.2. The van der Waals surface area contributed by atoms with E-state index in [0.717, 1.165) is 20.7 Å². The summed E-state index contributed by atoms with van der Waals surface area (Å²) in [6.07, 6.45) is 0. The number of hydrogen-bond acceptors (Lipinski definition) is 2. The minimum atomic E-state index is -0.739. The summed E-state index contributed by atoms with van der Waals surface area (Å²) in [5.41, 5.74) is 1.19. The van der Waals surface area contributed by atoms with Crippen LogP contribution in [0.15, 0.2) is 16.6 Å². The van der Waals surface area contributed by atoms with Gasteiger partial charge in [-0.2, -0.15) is 0 Å². The van der Waals surface area contributed by atoms with Gasteiger partial charge in [0.15, 0.2) is 0 Å². The Morgan fingerprint density at radius 3 is 2.59 bits per heavy atom. The lowest BCUT2D eigenvalue weighted by atomic mass is 9.92. The maximum Gasteiger partial charge on any atom is 0.0813 e. The molecule has 0 bridgehead atoms. The van der Waals surface area contributed by atoms with Gasteiger partial charge in [-0.15, -0.1) is 0 Å². The van der Waals surface area contributed by atoms with Crippen LogP contribution in [0.3, 0.4) is 0 Å². The third-order valence-electron chi connectivity index (χ3n) is 3.13. The van der Waals surface area contributed by atoms with E-state index in [2.05, 4.69) is 21.2 Å². The van der Waals surface area contributed by atoms with Crippen LogP contribution in [0.4, 0.5) is 5.69 Å². The van der Waals surface area contributed by atoms with Crippen molar-refractivity contribution in [1.29, 1.82) is 0 Å². The summed E-state index contributed by atoms with van der Waals surface area (Å²) in [6, 6.07) is 3.84. The van der Waals surface area contributed by atoms with Gasteiger partial charge in [0.25, 0.3) is 0 Å². The minimum Gasteiger partial charge on any atom is -0.388 e. The number of aryl methyl sites for hydroxylation is 1. The molecule has 0 spiro atoms. The molecule has 0 aliphatic rings. The number of halogens is 2. The molecule has 1 rings (SSSR count). The topological polar surface area (TPSA) is 32.3 Å². The Bertz CT molecular complexity index is 405. The van der Waals surface area contributed by atoms with Crippen LogP contribution in [0.5, 0.6) is 0 Å². The molecule has 0 amide bonds. The average molecular weight is 321 g/mol. The van der Waals surface area contributed by atoms with Gasteiger partial charge in [-0.25, -0.2) is 0 Å². The fourth-order valence-corrected chi connectivity index (χ4v) is 2.02. The van der Waals surface area contributed by atoms with Crippen LogP contribution in [-0.4, -0.2) is 17.3 Å². The SMILES string of the molecule is Cc1cc(Br)c(NCC(C)(O)C(C)C)cc1Cl. The first-order valence-electron chi connectivity index (χ1n) is 5.66. The normalized spacial score (nSPS) is 14.8. The highest BCUT2D eigenvalue weighted by molar-refractivity contribution is 9.10. The summed E-state index contributed by atoms with van der Waals surface area (Å²) in [6.45, 7) is 8.27. The first-order valence-corrected chi connectivity index (χ1v) is 6.83. The molecular formula is C13H19BrClNO. The molecule has 0 heterocycles. The van der Waals surface area contributed by atoms with Crippen molar-refractivity contribution in [3.05, 3.63) is 27.2 Å². The third kappa shape index (κ3) is 3.87. The van der Waals surface area contributed by atoms with Crippen molar-refractivity contribution in [3.8, 4) is 0 Å². The van der Waals surface area contributed by atoms with Crippen molar-refractivity contribution in [2.75, 3.05) is 11.9 Å². The van der Waals surface area contributed by atoms with Gasteiger partial charge in [0.05, 0.1) is 11.3 Å². The van der Waals surface area contributed by atoms with E-state index in [9.17, 15) is 5.11 Å². The second-order valence-corrected chi connectivity index (χ2v) is 6.21. The zero-order chi connectivity index (χ0) is 13.2. The second-order valence-electron chi connectivity index (χ2n) is 4.95. The molecule has 0 aliphatic heterocycles. The quantitative estimate of drug-likeness (QED) is 0.870. The van der Waals surface area contributed by atoms with Crippen molar-refractivity contribution >= 4 is 33.2 Å². The van der Waals surface area contributed by atoms with Gasteiger partial charge in [0, 0.05) is 16.0 Å². The van der Waals surface area contributed by atoms with Gasteiger partial charge in [0.2, 0.25) is 0 Å². The Morgan fingerprint density at radius 1 is 1.47 bits per heavy atom. The van der Waals surface area contributed by atoms with Gasteiger partial charge in [-0.3, -0.25) is 0 Å². The molecular weight excluding hydrogens is 302 g/mol. The molecule has 17 heavy (non-hydrogen) atoms. The molecule has 1 aromatic carbocycles. The molecule has 1 atom stereocenters. The van der Waals surface area contributed by atoms with Crippen LogP contribution in [0.2, 0.25) is 5.02 Å². The van der Waals surface area contributed by atoms with E-state index in [4.69, 9.17) is 11.6 Å². The molecule has 0 fully saturated rings. The Morgan fingerprint density at radius 2 is 2.06 bits per heavy atom. The number of anilines is 1. The second kappa shape index (κ2) is 5.59. The van der Waals surface area contributed by atoms with Crippen molar-refractivity contribution in [2.24, 2.45) is 5.92 Å². The molecule has 2 nitrogen and oxygen atoms in total. The Kier molecular flexibility index (Phi) is 4.87. The summed E-state index contributed by atoms with van der Waals surface area (Å²) >= 11 is 9.56. The Labute approximate surface area is 117 Å². The van der Waals surface area contributed by atoms with E-state index in [0.29, 0.717) is 6.54 Å². The largest absolute Gasteiger partial charge is 0.388 e. The lowest BCUT2D eigenvalue weighted by Gasteiger charge is -2.28. The molecule has 0 radical (unpaired) electrons. The highest BCUT2D eigenvalue weighted by Gasteiger charge is 2.24. The van der Waals surface area contributed by atoms with Crippen LogP contribution in [-0.2, 0) is 0 Å². The molecule has 0 saturated carbocycles. The summed E-state index contributed by atoms with van der Waals surface area (Å²) < 4.78 is 0.957. The number of rotatable bonds is 4. The van der Waals surface area contributed by atoms with Gasteiger partial charge in [-0.05, 0) is 53.4 Å². The highest BCUT2D eigenvalue weighted by Crippen LogP contribution is 2.30. The van der Waals surface area contributed by atoms with Crippen molar-refractivity contribution in [1.82, 2.24) is 0 Å². The first kappa shape index (κ1) is 14.8. The average Bonchev–Trinajstić information content (AvgIpc) is 2.21. The van der Waals surface area contributed by atoms with Gasteiger partial charge in [0.1, 0.15) is 0 Å². The van der Waals surface area contributed by atoms with Crippen molar-refractivity contribution in [3.63, 3.8) is 0 Å². The smallest absolute Gasteiger partial charge is 0.0813 e. The number of aliphatic hydroxyl groups is 1. The Balaban J connectivity index is 2.80. The lowest BCUT2D eigenvalue weighted by Crippen LogP contribution is -2.38. The molecule has 0 aliphatic carbocycles. The fraction of sp³-hybridized carbons (Fsp3) is 0.538. The molecule has 0 saturated heterocycles. The molecule has 2 N–H and O–H groups in total. The zero-order valence-corrected chi connectivity index (χ0v) is 13.0. The molecule has 0 aromatic heterocycles. The predicted octanol–water partition coefficient (Wildman–Crippen LogP) is 4.23. The Hall–Kier alpha value is -0.250. The maximum absolute atomic E-state index is 10.2. The van der Waals surface area contributed by atoms with E-state index in [1.807, 2.05) is 39.8 Å². The predicted molar refractivity (Wildman–Crippen MR) is 77.8 cm³/mol. The molecule has 96 valence electrons. The first-order chi connectivity index (χ1) is 7.74. The van der Waals surface area contributed by atoms with Crippen LogP contribution >= 0.6 is 27.5 Å². The third-order valence-corrected chi connectivity index (χ3v) is 4.19. The van der Waals surface area contributed by atoms with Gasteiger partial charge >= 0.3 is 0 Å². The lowest BCUT2D eigenvalue weighted by molar-refractivity contribution is 0.0266. The zero-order valence-electron chi connectivity index (χ0n) is 10.6. The standard InChI is InChI=1S/C13H19BrClNO/c1-8(2)13(4,17)7-16-12-6-11(15)9(3)5-10(12)14/h5-6,8,16-17H,7H2,1-4H3. The van der Waals surface area contributed by atoms with E-state index in [1.54, 1.807) is 0 Å². The molecule has 4 heteroatoms. The summed E-state index contributed by atoms with van der Waals surface area (Å²) in [7, 11) is 0. The van der Waals surface area contributed by atoms with E-state index in [1.165, 1.54) is 0 Å². The van der Waals surface area contributed by atoms with Crippen molar-refractivity contribution < 1.29 is 5.11 Å². The van der Waals surface area contributed by atoms with Gasteiger partial charge in [-0.1, -0.05) is 25.4 Å². The molecule has 1 unspecified atom stereocenters. The number of benzene rings is 1. The number of nitrogens with one attached hydrogen (secondary N) is 1. The van der Waals surface area contributed by atoms with Crippen LogP contribution in [0.25, 0.3) is 0 Å². The number of hydrogen-bond donors (Lipinski definition) is 2. The van der Waals surface area contributed by atoms with E-state index in [-0.39, 0.29) is 5.92 Å². The minimum absolute atomic E-state index is 0.190. The summed E-state index contributed by atoms with van der Waals surface area (Å²) in [5, 5.41) is 14.1. The van der Waals surface area contributed by atoms with E-state index >= 15 is 0 Å². The molecule has 1 aromatic rings. The van der Waals surface area contributed by atoms with Crippen LogP contribution < -0.4 is 5.32 Å². The van der Waals surface area contributed by atoms with Gasteiger partial charge < -0.3 is 10.4 Å². The highest BCUT2D eigenvalue weighted by atomic mass is 79.9. The monoisotopic (exact) mass is 319 g/mol. The van der Waals surface area contributed by atoms with Crippen LogP contribution in [0, 0.1) is 12.8 Å². The van der Waals surface area contributed by atoms with E-state index < -0.39 is 5.60 Å². The summed E-state index contributed by atoms with van der Waals surface area (Å²) in [5.74, 6) is 0.190. The summed E-state index contributed by atoms with van der Waals surface area (Å²) in [4.78, 5) is 0. The fourth-order valence-electron chi connectivity index (χ4n) is 1.26.